The zero-order valence-electron chi connectivity index (χ0n) is 17.2. The standard InChI is InChI=1S/C22H27N5O3/c1-13(16-4-3-5-18-17(16)10-11-24-18)27-20(12-19(26-27)21(29)23-2)22(30)25-14-6-8-15(28)9-7-14/h3-5,10-15,24,28H,6-9H2,1-2H3,(H,23,29)(H,25,30)/t13-,14-,15-/m1/s1. The van der Waals surface area contributed by atoms with E-state index in [-0.39, 0.29) is 35.7 Å². The minimum atomic E-state index is -0.337. The molecule has 0 bridgehead atoms. The molecule has 1 aromatic carbocycles. The minimum absolute atomic E-state index is 0.0103. The lowest BCUT2D eigenvalue weighted by Gasteiger charge is -2.26. The molecular weight excluding hydrogens is 382 g/mol. The maximum Gasteiger partial charge on any atom is 0.271 e. The second-order valence-corrected chi connectivity index (χ2v) is 7.88. The third-order valence-electron chi connectivity index (χ3n) is 5.91. The maximum atomic E-state index is 13.1. The van der Waals surface area contributed by atoms with E-state index in [2.05, 4.69) is 20.7 Å². The van der Waals surface area contributed by atoms with Crippen molar-refractivity contribution in [2.24, 2.45) is 0 Å². The van der Waals surface area contributed by atoms with E-state index < -0.39 is 0 Å². The average molecular weight is 409 g/mol. The first-order valence-corrected chi connectivity index (χ1v) is 10.3. The second kappa shape index (κ2) is 8.31. The zero-order valence-corrected chi connectivity index (χ0v) is 17.2. The quantitative estimate of drug-likeness (QED) is 0.518. The van der Waals surface area contributed by atoms with Gasteiger partial charge in [-0.3, -0.25) is 14.3 Å². The number of aliphatic hydroxyl groups is 1. The summed E-state index contributed by atoms with van der Waals surface area (Å²) in [6.07, 6.45) is 4.43. The molecule has 2 aromatic heterocycles. The van der Waals surface area contributed by atoms with Crippen molar-refractivity contribution < 1.29 is 14.7 Å². The van der Waals surface area contributed by atoms with Gasteiger partial charge in [-0.25, -0.2) is 0 Å². The summed E-state index contributed by atoms with van der Waals surface area (Å²) >= 11 is 0. The Hall–Kier alpha value is -3.13. The summed E-state index contributed by atoms with van der Waals surface area (Å²) in [6.45, 7) is 1.97. The molecule has 30 heavy (non-hydrogen) atoms. The number of amides is 2. The molecule has 0 aliphatic heterocycles. The first-order valence-electron chi connectivity index (χ1n) is 10.3. The minimum Gasteiger partial charge on any atom is -0.393 e. The summed E-state index contributed by atoms with van der Waals surface area (Å²) in [4.78, 5) is 28.5. The van der Waals surface area contributed by atoms with Crippen LogP contribution in [0.3, 0.4) is 0 Å². The zero-order chi connectivity index (χ0) is 21.3. The number of rotatable bonds is 5. The Kier molecular flexibility index (Phi) is 5.59. The Morgan fingerprint density at radius 3 is 2.70 bits per heavy atom. The average Bonchev–Trinajstić information content (AvgIpc) is 3.41. The number of hydrogen-bond acceptors (Lipinski definition) is 4. The molecule has 1 aliphatic rings. The third-order valence-corrected chi connectivity index (χ3v) is 5.91. The normalized spacial score (nSPS) is 20.1. The van der Waals surface area contributed by atoms with Crippen LogP contribution in [0.2, 0.25) is 0 Å². The van der Waals surface area contributed by atoms with E-state index in [9.17, 15) is 14.7 Å². The van der Waals surface area contributed by atoms with Gasteiger partial charge in [-0.15, -0.1) is 0 Å². The van der Waals surface area contributed by atoms with Crippen molar-refractivity contribution in [1.82, 2.24) is 25.4 Å². The van der Waals surface area contributed by atoms with Crippen LogP contribution >= 0.6 is 0 Å². The van der Waals surface area contributed by atoms with Crippen LogP contribution in [0.25, 0.3) is 10.9 Å². The molecule has 4 N–H and O–H groups in total. The molecule has 3 aromatic rings. The van der Waals surface area contributed by atoms with Crippen LogP contribution in [0.15, 0.2) is 36.5 Å². The van der Waals surface area contributed by atoms with Crippen molar-refractivity contribution in [3.63, 3.8) is 0 Å². The lowest BCUT2D eigenvalue weighted by Crippen LogP contribution is -2.39. The van der Waals surface area contributed by atoms with Crippen LogP contribution in [0.1, 0.15) is 65.2 Å². The van der Waals surface area contributed by atoms with Gasteiger partial charge in [0, 0.05) is 36.3 Å². The van der Waals surface area contributed by atoms with Crippen molar-refractivity contribution in [1.29, 1.82) is 0 Å². The molecule has 158 valence electrons. The molecule has 0 saturated heterocycles. The predicted octanol–water partition coefficient (Wildman–Crippen LogP) is 2.37. The number of aliphatic hydroxyl groups excluding tert-OH is 1. The van der Waals surface area contributed by atoms with Gasteiger partial charge in [-0.05, 0) is 50.3 Å². The molecule has 0 unspecified atom stereocenters. The smallest absolute Gasteiger partial charge is 0.271 e. The third kappa shape index (κ3) is 3.82. The van der Waals surface area contributed by atoms with E-state index >= 15 is 0 Å². The molecule has 0 spiro atoms. The summed E-state index contributed by atoms with van der Waals surface area (Å²) in [6, 6.07) is 9.26. The molecule has 2 heterocycles. The number of benzene rings is 1. The highest BCUT2D eigenvalue weighted by Gasteiger charge is 2.26. The molecule has 0 radical (unpaired) electrons. The van der Waals surface area contributed by atoms with Crippen LogP contribution in [0, 0.1) is 0 Å². The lowest BCUT2D eigenvalue weighted by molar-refractivity contribution is 0.0856. The Balaban J connectivity index is 1.68. The second-order valence-electron chi connectivity index (χ2n) is 7.88. The van der Waals surface area contributed by atoms with Gasteiger partial charge in [0.15, 0.2) is 5.69 Å². The largest absolute Gasteiger partial charge is 0.393 e. The van der Waals surface area contributed by atoms with Crippen molar-refractivity contribution in [3.05, 3.63) is 53.5 Å². The van der Waals surface area contributed by atoms with Gasteiger partial charge in [0.05, 0.1) is 12.1 Å². The fourth-order valence-electron chi connectivity index (χ4n) is 4.18. The van der Waals surface area contributed by atoms with Gasteiger partial charge in [0.1, 0.15) is 5.69 Å². The summed E-state index contributed by atoms with van der Waals surface area (Å²) in [5.41, 5.74) is 2.56. The lowest BCUT2D eigenvalue weighted by atomic mass is 9.93. The van der Waals surface area contributed by atoms with E-state index in [0.29, 0.717) is 18.5 Å². The summed E-state index contributed by atoms with van der Waals surface area (Å²) < 4.78 is 1.62. The van der Waals surface area contributed by atoms with Gasteiger partial charge in [0.25, 0.3) is 11.8 Å². The summed E-state index contributed by atoms with van der Waals surface area (Å²) in [5, 5.41) is 20.9. The number of fused-ring (bicyclic) bond motifs is 1. The Bertz CT molecular complexity index is 1060. The van der Waals surface area contributed by atoms with E-state index in [1.807, 2.05) is 37.4 Å². The number of nitrogens with zero attached hydrogens (tertiary/aromatic N) is 2. The molecule has 8 nitrogen and oxygen atoms in total. The molecule has 4 rings (SSSR count). The summed E-state index contributed by atoms with van der Waals surface area (Å²) in [5.74, 6) is -0.595. The molecular formula is C22H27N5O3. The molecule has 2 amide bonds. The van der Waals surface area contributed by atoms with E-state index in [4.69, 9.17) is 0 Å². The highest BCUT2D eigenvalue weighted by atomic mass is 16.3. The van der Waals surface area contributed by atoms with Crippen molar-refractivity contribution in [2.75, 3.05) is 7.05 Å². The van der Waals surface area contributed by atoms with Crippen molar-refractivity contribution in [2.45, 2.75) is 50.8 Å². The Morgan fingerprint density at radius 1 is 1.20 bits per heavy atom. The number of aromatic nitrogens is 3. The first-order chi connectivity index (χ1) is 14.5. The van der Waals surface area contributed by atoms with Crippen LogP contribution in [-0.2, 0) is 0 Å². The topological polar surface area (TPSA) is 112 Å². The molecule has 1 aliphatic carbocycles. The molecule has 8 heteroatoms. The number of aromatic amines is 1. The number of H-pyrrole nitrogens is 1. The van der Waals surface area contributed by atoms with Gasteiger partial charge in [-0.2, -0.15) is 5.10 Å². The van der Waals surface area contributed by atoms with Gasteiger partial charge in [-0.1, -0.05) is 12.1 Å². The monoisotopic (exact) mass is 409 g/mol. The molecule has 1 fully saturated rings. The fraction of sp³-hybridized carbons (Fsp3) is 0.409. The predicted molar refractivity (Wildman–Crippen MR) is 113 cm³/mol. The number of nitrogens with one attached hydrogen (secondary N) is 3. The first kappa shape index (κ1) is 20.2. The van der Waals surface area contributed by atoms with Crippen molar-refractivity contribution >= 4 is 22.7 Å². The van der Waals surface area contributed by atoms with Gasteiger partial charge in [0.2, 0.25) is 0 Å². The van der Waals surface area contributed by atoms with Gasteiger partial charge >= 0.3 is 0 Å². The number of carbonyl (C=O) groups excluding carboxylic acids is 2. The highest BCUT2D eigenvalue weighted by molar-refractivity contribution is 5.98. The van der Waals surface area contributed by atoms with Gasteiger partial charge < -0.3 is 20.7 Å². The SMILES string of the molecule is CNC(=O)c1cc(C(=O)N[C@H]2CC[C@H](O)CC2)n([C@H](C)c2cccc3[nH]ccc23)n1. The fourth-order valence-corrected chi connectivity index (χ4v) is 4.18. The van der Waals surface area contributed by atoms with E-state index in [1.165, 1.54) is 0 Å². The number of carbonyl (C=O) groups is 2. The van der Waals surface area contributed by atoms with E-state index in [1.54, 1.807) is 17.8 Å². The van der Waals surface area contributed by atoms with Crippen molar-refractivity contribution in [3.8, 4) is 0 Å². The highest BCUT2D eigenvalue weighted by Crippen LogP contribution is 2.28. The molecule has 1 saturated carbocycles. The van der Waals surface area contributed by atoms with E-state index in [0.717, 1.165) is 29.3 Å². The molecule has 1 atom stereocenters. The number of hydrogen-bond donors (Lipinski definition) is 4. The van der Waals surface area contributed by atoms with Crippen LogP contribution in [-0.4, -0.2) is 50.9 Å². The van der Waals surface area contributed by atoms with Crippen LogP contribution < -0.4 is 10.6 Å². The Labute approximate surface area is 174 Å². The Morgan fingerprint density at radius 2 is 1.97 bits per heavy atom. The van der Waals surface area contributed by atoms with Crippen LogP contribution in [0.4, 0.5) is 0 Å². The summed E-state index contributed by atoms with van der Waals surface area (Å²) in [7, 11) is 1.54. The maximum absolute atomic E-state index is 13.1. The van der Waals surface area contributed by atoms with Crippen LogP contribution in [0.5, 0.6) is 0 Å².